The fourth-order valence-electron chi connectivity index (χ4n) is 2.03. The maximum absolute atomic E-state index is 4.38. The van der Waals surface area contributed by atoms with Crippen LogP contribution in [0.3, 0.4) is 0 Å². The van der Waals surface area contributed by atoms with E-state index in [2.05, 4.69) is 46.6 Å². The van der Waals surface area contributed by atoms with Crippen LogP contribution in [0.5, 0.6) is 0 Å². The number of hydrogen-bond donors (Lipinski definition) is 0. The molecule has 0 N–H and O–H groups in total. The van der Waals surface area contributed by atoms with E-state index in [1.165, 1.54) is 25.1 Å². The van der Waals surface area contributed by atoms with E-state index in [-0.39, 0.29) is 0 Å². The third-order valence-corrected chi connectivity index (χ3v) is 3.89. The topological polar surface area (TPSA) is 21.1 Å². The molecule has 0 fully saturated rings. The van der Waals surface area contributed by atoms with Crippen molar-refractivity contribution in [1.29, 1.82) is 0 Å². The van der Waals surface area contributed by atoms with Gasteiger partial charge in [0.15, 0.2) is 5.13 Å². The first-order valence-corrected chi connectivity index (χ1v) is 7.51. The normalized spacial score (nSPS) is 11.3. The molecule has 0 aromatic carbocycles. The van der Waals surface area contributed by atoms with Gasteiger partial charge >= 0.3 is 0 Å². The summed E-state index contributed by atoms with van der Waals surface area (Å²) in [5.41, 5.74) is 1.32. The zero-order valence-corrected chi connectivity index (χ0v) is 12.0. The van der Waals surface area contributed by atoms with Crippen molar-refractivity contribution in [2.45, 2.75) is 33.2 Å². The smallest absolute Gasteiger partial charge is 0.193 e. The van der Waals surface area contributed by atoms with Gasteiger partial charge in [-0.05, 0) is 31.6 Å². The van der Waals surface area contributed by atoms with Gasteiger partial charge in [-0.25, -0.2) is 4.98 Å². The van der Waals surface area contributed by atoms with Crippen LogP contribution in [0.4, 0.5) is 0 Å². The van der Waals surface area contributed by atoms with Crippen molar-refractivity contribution < 1.29 is 0 Å². The van der Waals surface area contributed by atoms with Gasteiger partial charge < -0.3 is 0 Å². The molecule has 4 heteroatoms. The molecule has 98 valence electrons. The number of thiazole rings is 1. The minimum absolute atomic E-state index is 1.00. The van der Waals surface area contributed by atoms with Gasteiger partial charge in [-0.2, -0.15) is 0 Å². The van der Waals surface area contributed by atoms with Crippen LogP contribution in [0.1, 0.15) is 32.4 Å². The lowest BCUT2D eigenvalue weighted by atomic mass is 10.3. The molecule has 2 rings (SSSR count). The third kappa shape index (κ3) is 3.21. The summed E-state index contributed by atoms with van der Waals surface area (Å²) in [6.07, 6.45) is 6.48. The summed E-state index contributed by atoms with van der Waals surface area (Å²) in [5, 5.41) is 3.08. The molecule has 0 bridgehead atoms. The van der Waals surface area contributed by atoms with Gasteiger partial charge in [0.1, 0.15) is 0 Å². The van der Waals surface area contributed by atoms with E-state index in [0.717, 1.165) is 18.2 Å². The van der Waals surface area contributed by atoms with E-state index < -0.39 is 0 Å². The Hall–Kier alpha value is -1.13. The Balaban J connectivity index is 2.07. The molecule has 0 aliphatic carbocycles. The first kappa shape index (κ1) is 13.3. The molecule has 0 unspecified atom stereocenters. The largest absolute Gasteiger partial charge is 0.298 e. The molecular weight excluding hydrogens is 242 g/mol. The third-order valence-electron chi connectivity index (χ3n) is 3.12. The number of rotatable bonds is 7. The molecule has 0 aliphatic heterocycles. The molecule has 0 aliphatic rings. The van der Waals surface area contributed by atoms with Gasteiger partial charge in [0.05, 0.1) is 0 Å². The minimum Gasteiger partial charge on any atom is -0.298 e. The molecule has 3 nitrogen and oxygen atoms in total. The Morgan fingerprint density at radius 1 is 1.39 bits per heavy atom. The van der Waals surface area contributed by atoms with Crippen molar-refractivity contribution in [3.8, 4) is 5.13 Å². The van der Waals surface area contributed by atoms with Crippen molar-refractivity contribution in [3.05, 3.63) is 35.6 Å². The average Bonchev–Trinajstić information content (AvgIpc) is 3.04. The monoisotopic (exact) mass is 263 g/mol. The van der Waals surface area contributed by atoms with E-state index in [4.69, 9.17) is 0 Å². The van der Waals surface area contributed by atoms with Crippen LogP contribution >= 0.6 is 11.3 Å². The minimum atomic E-state index is 1.00. The van der Waals surface area contributed by atoms with Gasteiger partial charge in [-0.1, -0.05) is 20.3 Å². The molecule has 2 aromatic heterocycles. The van der Waals surface area contributed by atoms with Crippen molar-refractivity contribution in [3.63, 3.8) is 0 Å². The van der Waals surface area contributed by atoms with Crippen LogP contribution in [-0.4, -0.2) is 27.5 Å². The molecular formula is C14H21N3S. The SMILES string of the molecule is CCCCN(CC)Cc1cccn1-c1nccs1. The molecule has 0 saturated heterocycles. The summed E-state index contributed by atoms with van der Waals surface area (Å²) in [6.45, 7) is 7.75. The van der Waals surface area contributed by atoms with Crippen molar-refractivity contribution in [2.75, 3.05) is 13.1 Å². The maximum Gasteiger partial charge on any atom is 0.193 e. The molecule has 0 atom stereocenters. The molecule has 0 spiro atoms. The van der Waals surface area contributed by atoms with Crippen LogP contribution < -0.4 is 0 Å². The number of nitrogens with zero attached hydrogens (tertiary/aromatic N) is 3. The zero-order valence-electron chi connectivity index (χ0n) is 11.2. The fraction of sp³-hybridized carbons (Fsp3) is 0.500. The molecule has 2 aromatic rings. The Labute approximate surface area is 113 Å². The zero-order chi connectivity index (χ0) is 12.8. The molecule has 0 saturated carbocycles. The first-order valence-electron chi connectivity index (χ1n) is 6.63. The van der Waals surface area contributed by atoms with E-state index in [0.29, 0.717) is 0 Å². The highest BCUT2D eigenvalue weighted by atomic mass is 32.1. The second-order valence-corrected chi connectivity index (χ2v) is 5.28. The Morgan fingerprint density at radius 2 is 2.28 bits per heavy atom. The summed E-state index contributed by atoms with van der Waals surface area (Å²) >= 11 is 1.68. The lowest BCUT2D eigenvalue weighted by molar-refractivity contribution is 0.271. The number of hydrogen-bond acceptors (Lipinski definition) is 3. The Morgan fingerprint density at radius 3 is 2.94 bits per heavy atom. The van der Waals surface area contributed by atoms with E-state index >= 15 is 0 Å². The summed E-state index contributed by atoms with van der Waals surface area (Å²) in [5.74, 6) is 0. The van der Waals surface area contributed by atoms with Gasteiger partial charge in [-0.3, -0.25) is 9.47 Å². The van der Waals surface area contributed by atoms with Crippen LogP contribution in [0.25, 0.3) is 5.13 Å². The summed E-state index contributed by atoms with van der Waals surface area (Å²) in [6, 6.07) is 4.29. The maximum atomic E-state index is 4.38. The fourth-order valence-corrected chi connectivity index (χ4v) is 2.68. The highest BCUT2D eigenvalue weighted by Crippen LogP contribution is 2.16. The van der Waals surface area contributed by atoms with E-state index in [1.54, 1.807) is 11.3 Å². The molecule has 2 heterocycles. The highest BCUT2D eigenvalue weighted by molar-refractivity contribution is 7.12. The lowest BCUT2D eigenvalue weighted by Gasteiger charge is -2.20. The average molecular weight is 263 g/mol. The quantitative estimate of drug-likeness (QED) is 0.761. The number of aromatic nitrogens is 2. The number of unbranched alkanes of at least 4 members (excludes halogenated alkanes) is 1. The van der Waals surface area contributed by atoms with E-state index in [1.807, 2.05) is 11.6 Å². The van der Waals surface area contributed by atoms with Gasteiger partial charge in [0.25, 0.3) is 0 Å². The van der Waals surface area contributed by atoms with Crippen molar-refractivity contribution in [1.82, 2.24) is 14.5 Å². The van der Waals surface area contributed by atoms with Crippen LogP contribution in [0, 0.1) is 0 Å². The van der Waals surface area contributed by atoms with Gasteiger partial charge in [0, 0.05) is 30.0 Å². The molecule has 0 radical (unpaired) electrons. The van der Waals surface area contributed by atoms with Crippen LogP contribution in [-0.2, 0) is 6.54 Å². The van der Waals surface area contributed by atoms with Gasteiger partial charge in [-0.15, -0.1) is 11.3 Å². The second kappa shape index (κ2) is 6.71. The van der Waals surface area contributed by atoms with Gasteiger partial charge in [0.2, 0.25) is 0 Å². The Bertz CT molecular complexity index is 447. The molecule has 0 amide bonds. The van der Waals surface area contributed by atoms with Crippen molar-refractivity contribution >= 4 is 11.3 Å². The lowest BCUT2D eigenvalue weighted by Crippen LogP contribution is -2.25. The highest BCUT2D eigenvalue weighted by Gasteiger charge is 2.09. The van der Waals surface area contributed by atoms with Crippen LogP contribution in [0.2, 0.25) is 0 Å². The predicted octanol–water partition coefficient (Wildman–Crippen LogP) is 3.56. The Kier molecular flexibility index (Phi) is 4.96. The standard InChI is InChI=1S/C14H21N3S/c1-3-5-9-16(4-2)12-13-7-6-10-17(13)14-15-8-11-18-14/h6-8,10-11H,3-5,9,12H2,1-2H3. The summed E-state index contributed by atoms with van der Waals surface area (Å²) in [4.78, 5) is 6.87. The summed E-state index contributed by atoms with van der Waals surface area (Å²) in [7, 11) is 0. The second-order valence-electron chi connectivity index (χ2n) is 4.41. The van der Waals surface area contributed by atoms with Crippen LogP contribution in [0.15, 0.2) is 29.9 Å². The molecule has 18 heavy (non-hydrogen) atoms. The first-order chi connectivity index (χ1) is 8.85. The predicted molar refractivity (Wildman–Crippen MR) is 77.3 cm³/mol. The van der Waals surface area contributed by atoms with Crippen molar-refractivity contribution in [2.24, 2.45) is 0 Å². The summed E-state index contributed by atoms with van der Waals surface area (Å²) < 4.78 is 2.19. The van der Waals surface area contributed by atoms with E-state index in [9.17, 15) is 0 Å².